The number of hydrogen-bond acceptors (Lipinski definition) is 2. The van der Waals surface area contributed by atoms with Gasteiger partial charge in [-0.15, -0.1) is 0 Å². The summed E-state index contributed by atoms with van der Waals surface area (Å²) in [5.74, 6) is 0.237. The van der Waals surface area contributed by atoms with Crippen LogP contribution in [-0.4, -0.2) is 53.5 Å². The lowest BCUT2D eigenvalue weighted by molar-refractivity contribution is -0.133. The predicted molar refractivity (Wildman–Crippen MR) is 68.0 cm³/mol. The molecule has 0 aliphatic carbocycles. The van der Waals surface area contributed by atoms with Crippen molar-refractivity contribution < 1.29 is 4.79 Å². The third kappa shape index (κ3) is 2.69. The van der Waals surface area contributed by atoms with Crippen LogP contribution in [0.2, 0.25) is 0 Å². The lowest BCUT2D eigenvalue weighted by atomic mass is 10.3. The van der Waals surface area contributed by atoms with E-state index in [1.807, 2.05) is 18.7 Å². The van der Waals surface area contributed by atoms with Crippen LogP contribution in [0.1, 0.15) is 11.4 Å². The van der Waals surface area contributed by atoms with Gasteiger partial charge in [0.15, 0.2) is 0 Å². The Morgan fingerprint density at radius 1 is 1.12 bits per heavy atom. The SMILES string of the molecule is Cc1ccc(C)n1CC(=O)N1CCN(C)CC1. The zero-order chi connectivity index (χ0) is 12.4. The monoisotopic (exact) mass is 235 g/mol. The molecule has 1 aromatic rings. The van der Waals surface area contributed by atoms with Gasteiger partial charge in [-0.1, -0.05) is 0 Å². The van der Waals surface area contributed by atoms with Crippen LogP contribution < -0.4 is 0 Å². The first-order valence-corrected chi connectivity index (χ1v) is 6.17. The van der Waals surface area contributed by atoms with Gasteiger partial charge in [-0.3, -0.25) is 4.79 Å². The normalized spacial score (nSPS) is 17.5. The minimum absolute atomic E-state index is 0.237. The van der Waals surface area contributed by atoms with Crippen molar-refractivity contribution in [2.75, 3.05) is 33.2 Å². The van der Waals surface area contributed by atoms with Crippen molar-refractivity contribution >= 4 is 5.91 Å². The zero-order valence-electron chi connectivity index (χ0n) is 10.9. The second-order valence-corrected chi connectivity index (χ2v) is 4.89. The summed E-state index contributed by atoms with van der Waals surface area (Å²) in [7, 11) is 2.10. The van der Waals surface area contributed by atoms with Gasteiger partial charge < -0.3 is 14.4 Å². The van der Waals surface area contributed by atoms with E-state index in [1.165, 1.54) is 0 Å². The zero-order valence-corrected chi connectivity index (χ0v) is 10.9. The summed E-state index contributed by atoms with van der Waals surface area (Å²) in [5, 5.41) is 0. The molecule has 1 aliphatic rings. The molecule has 4 heteroatoms. The third-order valence-corrected chi connectivity index (χ3v) is 3.57. The van der Waals surface area contributed by atoms with Crippen molar-refractivity contribution in [2.45, 2.75) is 20.4 Å². The molecule has 2 heterocycles. The molecule has 0 aromatic carbocycles. The van der Waals surface area contributed by atoms with Gasteiger partial charge >= 0.3 is 0 Å². The maximum atomic E-state index is 12.2. The van der Waals surface area contributed by atoms with Crippen LogP contribution in [0.15, 0.2) is 12.1 Å². The Labute approximate surface area is 103 Å². The standard InChI is InChI=1S/C13H21N3O/c1-11-4-5-12(2)16(11)10-13(17)15-8-6-14(3)7-9-15/h4-5H,6-10H2,1-3H3. The molecule has 0 unspecified atom stereocenters. The van der Waals surface area contributed by atoms with Gasteiger partial charge in [0.05, 0.1) is 0 Å². The first kappa shape index (κ1) is 12.2. The molecule has 1 amide bonds. The molecule has 1 fully saturated rings. The largest absolute Gasteiger partial charge is 0.340 e. The van der Waals surface area contributed by atoms with Crippen molar-refractivity contribution in [1.82, 2.24) is 14.4 Å². The fourth-order valence-electron chi connectivity index (χ4n) is 2.24. The van der Waals surface area contributed by atoms with Gasteiger partial charge in [0.2, 0.25) is 5.91 Å². The van der Waals surface area contributed by atoms with Crippen LogP contribution >= 0.6 is 0 Å². The van der Waals surface area contributed by atoms with Crippen LogP contribution in [0.3, 0.4) is 0 Å². The number of piperazine rings is 1. The average Bonchev–Trinajstić information content (AvgIpc) is 2.61. The quantitative estimate of drug-likeness (QED) is 0.761. The number of nitrogens with zero attached hydrogens (tertiary/aromatic N) is 3. The molecule has 4 nitrogen and oxygen atoms in total. The van der Waals surface area contributed by atoms with E-state index >= 15 is 0 Å². The number of aromatic nitrogens is 1. The molecule has 0 radical (unpaired) electrons. The van der Waals surface area contributed by atoms with Crippen LogP contribution in [-0.2, 0) is 11.3 Å². The minimum atomic E-state index is 0.237. The summed E-state index contributed by atoms with van der Waals surface area (Å²) in [6.45, 7) is 8.25. The fourth-order valence-corrected chi connectivity index (χ4v) is 2.24. The van der Waals surface area contributed by atoms with Gasteiger partial charge in [0, 0.05) is 37.6 Å². The minimum Gasteiger partial charge on any atom is -0.340 e. The smallest absolute Gasteiger partial charge is 0.242 e. The first-order valence-electron chi connectivity index (χ1n) is 6.17. The van der Waals surface area contributed by atoms with Gasteiger partial charge in [-0.05, 0) is 33.0 Å². The third-order valence-electron chi connectivity index (χ3n) is 3.57. The van der Waals surface area contributed by atoms with Gasteiger partial charge in [0.25, 0.3) is 0 Å². The number of hydrogen-bond donors (Lipinski definition) is 0. The number of carbonyl (C=O) groups excluding carboxylic acids is 1. The van der Waals surface area contributed by atoms with Crippen molar-refractivity contribution in [3.05, 3.63) is 23.5 Å². The van der Waals surface area contributed by atoms with Crippen molar-refractivity contribution in [3.63, 3.8) is 0 Å². The van der Waals surface area contributed by atoms with E-state index < -0.39 is 0 Å². The molecule has 0 bridgehead atoms. The Bertz CT molecular complexity index is 383. The number of aryl methyl sites for hydroxylation is 2. The number of carbonyl (C=O) groups is 1. The second kappa shape index (κ2) is 4.92. The van der Waals surface area contributed by atoms with Crippen molar-refractivity contribution in [1.29, 1.82) is 0 Å². The molecule has 17 heavy (non-hydrogen) atoms. The Kier molecular flexibility index (Phi) is 3.52. The van der Waals surface area contributed by atoms with Gasteiger partial charge in [-0.2, -0.15) is 0 Å². The van der Waals surface area contributed by atoms with E-state index in [-0.39, 0.29) is 5.91 Å². The number of rotatable bonds is 2. The molecule has 2 rings (SSSR count). The highest BCUT2D eigenvalue weighted by Crippen LogP contribution is 2.08. The molecule has 1 saturated heterocycles. The molecule has 0 N–H and O–H groups in total. The van der Waals surface area contributed by atoms with E-state index in [0.717, 1.165) is 37.6 Å². The summed E-state index contributed by atoms with van der Waals surface area (Å²) in [6.07, 6.45) is 0. The van der Waals surface area contributed by atoms with Crippen molar-refractivity contribution in [2.24, 2.45) is 0 Å². The van der Waals surface area contributed by atoms with E-state index in [9.17, 15) is 4.79 Å². The topological polar surface area (TPSA) is 28.5 Å². The lowest BCUT2D eigenvalue weighted by Gasteiger charge is -2.32. The van der Waals surface area contributed by atoms with E-state index in [0.29, 0.717) is 6.54 Å². The summed E-state index contributed by atoms with van der Waals surface area (Å²) < 4.78 is 2.08. The second-order valence-electron chi connectivity index (χ2n) is 4.89. The van der Waals surface area contributed by atoms with Gasteiger partial charge in [-0.25, -0.2) is 0 Å². The van der Waals surface area contributed by atoms with E-state index in [2.05, 4.69) is 28.6 Å². The van der Waals surface area contributed by atoms with E-state index in [1.54, 1.807) is 0 Å². The Balaban J connectivity index is 1.98. The van der Waals surface area contributed by atoms with Crippen LogP contribution in [0.5, 0.6) is 0 Å². The molecular formula is C13H21N3O. The fraction of sp³-hybridized carbons (Fsp3) is 0.615. The van der Waals surface area contributed by atoms with E-state index in [4.69, 9.17) is 0 Å². The highest BCUT2D eigenvalue weighted by Gasteiger charge is 2.19. The highest BCUT2D eigenvalue weighted by atomic mass is 16.2. The molecular weight excluding hydrogens is 214 g/mol. The summed E-state index contributed by atoms with van der Waals surface area (Å²) >= 11 is 0. The maximum Gasteiger partial charge on any atom is 0.242 e. The summed E-state index contributed by atoms with van der Waals surface area (Å²) in [5.41, 5.74) is 2.31. The molecule has 0 saturated carbocycles. The Morgan fingerprint density at radius 2 is 1.65 bits per heavy atom. The molecule has 1 aromatic heterocycles. The Morgan fingerprint density at radius 3 is 2.18 bits per heavy atom. The highest BCUT2D eigenvalue weighted by molar-refractivity contribution is 5.76. The molecule has 94 valence electrons. The predicted octanol–water partition coefficient (Wildman–Crippen LogP) is 0.879. The number of likely N-dealkylation sites (N-methyl/N-ethyl adjacent to an activating group) is 1. The van der Waals surface area contributed by atoms with Crippen LogP contribution in [0.4, 0.5) is 0 Å². The first-order chi connectivity index (χ1) is 8.08. The maximum absolute atomic E-state index is 12.2. The van der Waals surface area contributed by atoms with Gasteiger partial charge in [0.1, 0.15) is 6.54 Å². The molecule has 0 spiro atoms. The molecule has 1 aliphatic heterocycles. The lowest BCUT2D eigenvalue weighted by Crippen LogP contribution is -2.48. The molecule has 0 atom stereocenters. The van der Waals surface area contributed by atoms with Crippen LogP contribution in [0.25, 0.3) is 0 Å². The van der Waals surface area contributed by atoms with Crippen molar-refractivity contribution in [3.8, 4) is 0 Å². The Hall–Kier alpha value is -1.29. The van der Waals surface area contributed by atoms with Crippen LogP contribution in [0, 0.1) is 13.8 Å². The average molecular weight is 235 g/mol. The summed E-state index contributed by atoms with van der Waals surface area (Å²) in [4.78, 5) is 16.4. The number of amides is 1. The summed E-state index contributed by atoms with van der Waals surface area (Å²) in [6, 6.07) is 4.12.